The smallest absolute Gasteiger partial charge is 0.382 e. The number of esters is 2. The third-order valence-corrected chi connectivity index (χ3v) is 1.66. The van der Waals surface area contributed by atoms with Crippen LogP contribution in [-0.4, -0.2) is 17.7 Å². The van der Waals surface area contributed by atoms with Gasteiger partial charge in [0.1, 0.15) is 0 Å². The van der Waals surface area contributed by atoms with E-state index in [0.717, 1.165) is 0 Å². The molecule has 4 nitrogen and oxygen atoms in total. The molecular formula is C11H18O4Zn. The van der Waals surface area contributed by atoms with Gasteiger partial charge in [-0.3, -0.25) is 9.59 Å². The van der Waals surface area contributed by atoms with Gasteiger partial charge in [0.25, 0.3) is 0 Å². The molecule has 0 spiro atoms. The molecule has 0 aromatic heterocycles. The van der Waals surface area contributed by atoms with E-state index in [0.29, 0.717) is 0 Å². The topological polar surface area (TPSA) is 60.4 Å². The van der Waals surface area contributed by atoms with Crippen molar-refractivity contribution in [3.05, 3.63) is 0 Å². The van der Waals surface area contributed by atoms with Gasteiger partial charge in [-0.1, -0.05) is 20.8 Å². The molecule has 0 amide bonds. The molecule has 0 atom stereocenters. The number of carbonyl (C=O) groups is 3. The van der Waals surface area contributed by atoms with E-state index < -0.39 is 28.6 Å². The van der Waals surface area contributed by atoms with Crippen LogP contribution in [0, 0.1) is 10.8 Å². The molecule has 0 radical (unpaired) electrons. The second-order valence-electron chi connectivity index (χ2n) is 5.51. The fraction of sp³-hybridized carbons (Fsp3) is 0.727. The molecule has 0 unspecified atom stereocenters. The Kier molecular flexibility index (Phi) is 6.31. The molecule has 5 heteroatoms. The first-order chi connectivity index (χ1) is 6.46. The summed E-state index contributed by atoms with van der Waals surface area (Å²) in [6.45, 7) is 9.63. The third-order valence-electron chi connectivity index (χ3n) is 1.66. The van der Waals surface area contributed by atoms with Crippen molar-refractivity contribution in [3.63, 3.8) is 0 Å². The van der Waals surface area contributed by atoms with Gasteiger partial charge in [0.2, 0.25) is 5.78 Å². The molecule has 0 saturated carbocycles. The molecule has 0 aliphatic carbocycles. The van der Waals surface area contributed by atoms with Crippen molar-refractivity contribution >= 4 is 17.7 Å². The number of hydrogen-bond acceptors (Lipinski definition) is 4. The van der Waals surface area contributed by atoms with E-state index >= 15 is 0 Å². The van der Waals surface area contributed by atoms with Crippen LogP contribution in [0.2, 0.25) is 0 Å². The second kappa shape index (κ2) is 5.67. The molecule has 0 aliphatic heterocycles. The normalized spacial score (nSPS) is 11.4. The molecule has 0 aromatic carbocycles. The van der Waals surface area contributed by atoms with Crippen LogP contribution in [0.4, 0.5) is 0 Å². The second-order valence-corrected chi connectivity index (χ2v) is 5.51. The summed E-state index contributed by atoms with van der Waals surface area (Å²) in [5.41, 5.74) is -1.61. The van der Waals surface area contributed by atoms with Gasteiger partial charge in [-0.2, -0.15) is 0 Å². The van der Waals surface area contributed by atoms with Crippen LogP contribution in [0.25, 0.3) is 0 Å². The van der Waals surface area contributed by atoms with Crippen molar-refractivity contribution in [2.24, 2.45) is 10.8 Å². The number of rotatable bonds is 1. The summed E-state index contributed by atoms with van der Waals surface area (Å²) in [5.74, 6) is -2.47. The van der Waals surface area contributed by atoms with Gasteiger partial charge in [-0.15, -0.1) is 0 Å². The summed E-state index contributed by atoms with van der Waals surface area (Å²) in [4.78, 5) is 34.0. The van der Waals surface area contributed by atoms with Gasteiger partial charge < -0.3 is 4.74 Å². The Hall–Kier alpha value is -0.567. The Labute approximate surface area is 109 Å². The summed E-state index contributed by atoms with van der Waals surface area (Å²) in [7, 11) is 0. The van der Waals surface area contributed by atoms with Crippen LogP contribution in [0.15, 0.2) is 0 Å². The number of ether oxygens (including phenoxy) is 1. The maximum Gasteiger partial charge on any atom is 0.382 e. The minimum Gasteiger partial charge on any atom is -0.387 e. The van der Waals surface area contributed by atoms with Gasteiger partial charge in [0, 0.05) is 24.9 Å². The fourth-order valence-electron chi connectivity index (χ4n) is 0.590. The maximum absolute atomic E-state index is 11.4. The maximum atomic E-state index is 11.4. The molecule has 88 valence electrons. The molecule has 0 aromatic rings. The monoisotopic (exact) mass is 278 g/mol. The quantitative estimate of drug-likeness (QED) is 0.317. The summed E-state index contributed by atoms with van der Waals surface area (Å²) in [6, 6.07) is 0. The Morgan fingerprint density at radius 1 is 0.812 bits per heavy atom. The minimum absolute atomic E-state index is 0. The van der Waals surface area contributed by atoms with Crippen LogP contribution in [-0.2, 0) is 38.6 Å². The first kappa shape index (κ1) is 17.8. The van der Waals surface area contributed by atoms with Gasteiger partial charge in [0.05, 0.1) is 5.41 Å². The first-order valence-electron chi connectivity index (χ1n) is 4.77. The van der Waals surface area contributed by atoms with Gasteiger partial charge in [-0.25, -0.2) is 4.79 Å². The van der Waals surface area contributed by atoms with Crippen molar-refractivity contribution in [2.45, 2.75) is 41.5 Å². The summed E-state index contributed by atoms with van der Waals surface area (Å²) < 4.78 is 4.48. The zero-order valence-corrected chi connectivity index (χ0v) is 13.8. The van der Waals surface area contributed by atoms with Crippen LogP contribution < -0.4 is 0 Å². The average Bonchev–Trinajstić information content (AvgIpc) is 1.99. The van der Waals surface area contributed by atoms with E-state index in [4.69, 9.17) is 0 Å². The van der Waals surface area contributed by atoms with Crippen LogP contribution >= 0.6 is 0 Å². The SMILES string of the molecule is CC(C)(C)C(=O)OC(=O)C(=O)C(C)(C)C.[Zn]. The van der Waals surface area contributed by atoms with Crippen LogP contribution in [0.3, 0.4) is 0 Å². The molecule has 0 N–H and O–H groups in total. The summed E-state index contributed by atoms with van der Waals surface area (Å²) >= 11 is 0. The van der Waals surface area contributed by atoms with Gasteiger partial charge in [0.15, 0.2) is 0 Å². The van der Waals surface area contributed by atoms with Crippen LogP contribution in [0.5, 0.6) is 0 Å². The first-order valence-corrected chi connectivity index (χ1v) is 4.77. The van der Waals surface area contributed by atoms with E-state index in [9.17, 15) is 14.4 Å². The van der Waals surface area contributed by atoms with E-state index in [1.54, 1.807) is 41.5 Å². The van der Waals surface area contributed by atoms with Crippen molar-refractivity contribution in [2.75, 3.05) is 0 Å². The summed E-state index contributed by atoms with van der Waals surface area (Å²) in [5, 5.41) is 0. The van der Waals surface area contributed by atoms with E-state index in [1.165, 1.54) is 0 Å². The molecule has 0 fully saturated rings. The Bertz CT molecular complexity index is 294. The Morgan fingerprint density at radius 3 is 1.44 bits per heavy atom. The molecule has 0 saturated heterocycles. The zero-order valence-electron chi connectivity index (χ0n) is 10.8. The zero-order chi connectivity index (χ0) is 12.4. The molecule has 0 heterocycles. The number of carbonyl (C=O) groups excluding carboxylic acids is 3. The van der Waals surface area contributed by atoms with Crippen molar-refractivity contribution in [3.8, 4) is 0 Å². The van der Waals surface area contributed by atoms with E-state index in [1.807, 2.05) is 0 Å². The predicted octanol–water partition coefficient (Wildman–Crippen LogP) is 1.71. The number of Topliss-reactive ketones (excluding diaryl/α,β-unsaturated/α-hetero) is 1. The molecule has 0 bridgehead atoms. The Balaban J connectivity index is 0. The molecule has 16 heavy (non-hydrogen) atoms. The standard InChI is InChI=1S/C11H18O4.Zn/c1-10(2,3)7(12)8(13)15-9(14)11(4,5)6;/h1-6H3;. The van der Waals surface area contributed by atoms with Gasteiger partial charge in [-0.05, 0) is 20.8 Å². The fourth-order valence-corrected chi connectivity index (χ4v) is 0.590. The van der Waals surface area contributed by atoms with Crippen molar-refractivity contribution < 1.29 is 38.6 Å². The van der Waals surface area contributed by atoms with Crippen molar-refractivity contribution in [1.82, 2.24) is 0 Å². The predicted molar refractivity (Wildman–Crippen MR) is 55.0 cm³/mol. The molecule has 0 aliphatic rings. The number of ketones is 1. The number of hydrogen-bond donors (Lipinski definition) is 0. The van der Waals surface area contributed by atoms with Crippen molar-refractivity contribution in [1.29, 1.82) is 0 Å². The largest absolute Gasteiger partial charge is 0.387 e. The third kappa shape index (κ3) is 5.50. The average molecular weight is 280 g/mol. The molecule has 0 rings (SSSR count). The minimum atomic E-state index is -1.08. The van der Waals surface area contributed by atoms with Gasteiger partial charge >= 0.3 is 11.9 Å². The van der Waals surface area contributed by atoms with Crippen LogP contribution in [0.1, 0.15) is 41.5 Å². The molecular weight excluding hydrogens is 262 g/mol. The Morgan fingerprint density at radius 2 is 1.19 bits per heavy atom. The van der Waals surface area contributed by atoms with E-state index in [2.05, 4.69) is 4.74 Å². The van der Waals surface area contributed by atoms with E-state index in [-0.39, 0.29) is 19.5 Å². The summed E-state index contributed by atoms with van der Waals surface area (Å²) in [6.07, 6.45) is 0.